The molecule has 3 rings (SSSR count). The van der Waals surface area contributed by atoms with Crippen molar-refractivity contribution in [1.82, 2.24) is 19.4 Å². The lowest BCUT2D eigenvalue weighted by Gasteiger charge is -1.95. The van der Waals surface area contributed by atoms with Gasteiger partial charge in [0.05, 0.1) is 5.69 Å². The molecular formula is C12H9N5O. The summed E-state index contributed by atoms with van der Waals surface area (Å²) in [7, 11) is 0. The highest BCUT2D eigenvalue weighted by atomic mass is 16.1. The molecule has 0 fully saturated rings. The summed E-state index contributed by atoms with van der Waals surface area (Å²) in [4.78, 5) is 23.7. The quantitative estimate of drug-likeness (QED) is 0.719. The Morgan fingerprint density at radius 1 is 1.17 bits per heavy atom. The molecule has 3 aromatic heterocycles. The number of primary amides is 1. The standard InChI is InChI=1S/C12H9N5O/c13-11(18)10-12-16-9(7-17(12)6-5-15-10)8-3-1-2-4-14-8/h1-7H,(H2,13,18). The number of carbonyl (C=O) groups excluding carboxylic acids is 1. The molecule has 6 heteroatoms. The van der Waals surface area contributed by atoms with Crippen LogP contribution in [0.1, 0.15) is 10.5 Å². The number of nitrogens with two attached hydrogens (primary N) is 1. The first-order chi connectivity index (χ1) is 8.75. The first kappa shape index (κ1) is 10.4. The van der Waals surface area contributed by atoms with E-state index in [0.29, 0.717) is 11.3 Å². The Hall–Kier alpha value is -2.76. The molecule has 0 spiro atoms. The SMILES string of the molecule is NC(=O)c1nccn2cc(-c3ccccn3)nc12. The second kappa shape index (κ2) is 3.92. The third kappa shape index (κ3) is 1.60. The number of nitrogens with zero attached hydrogens (tertiary/aromatic N) is 4. The number of pyridine rings is 1. The number of amides is 1. The van der Waals surface area contributed by atoms with E-state index in [1.807, 2.05) is 18.2 Å². The zero-order valence-electron chi connectivity index (χ0n) is 9.32. The summed E-state index contributed by atoms with van der Waals surface area (Å²) in [6.07, 6.45) is 6.69. The summed E-state index contributed by atoms with van der Waals surface area (Å²) in [5, 5.41) is 0. The van der Waals surface area contributed by atoms with Crippen LogP contribution in [-0.2, 0) is 0 Å². The average Bonchev–Trinajstić information content (AvgIpc) is 2.83. The minimum atomic E-state index is -0.598. The molecule has 18 heavy (non-hydrogen) atoms. The van der Waals surface area contributed by atoms with Crippen LogP contribution in [0.4, 0.5) is 0 Å². The van der Waals surface area contributed by atoms with Gasteiger partial charge in [0.15, 0.2) is 11.3 Å². The van der Waals surface area contributed by atoms with Gasteiger partial charge in [-0.1, -0.05) is 6.07 Å². The number of hydrogen-bond donors (Lipinski definition) is 1. The zero-order chi connectivity index (χ0) is 12.5. The van der Waals surface area contributed by atoms with Gasteiger partial charge in [-0.25, -0.2) is 9.97 Å². The molecule has 0 bridgehead atoms. The molecule has 0 radical (unpaired) electrons. The molecule has 0 aromatic carbocycles. The lowest BCUT2D eigenvalue weighted by molar-refractivity contribution is 0.0996. The van der Waals surface area contributed by atoms with Crippen LogP contribution in [-0.4, -0.2) is 25.3 Å². The third-order valence-electron chi connectivity index (χ3n) is 2.54. The topological polar surface area (TPSA) is 86.2 Å². The second-order valence-corrected chi connectivity index (χ2v) is 3.71. The van der Waals surface area contributed by atoms with E-state index in [1.54, 1.807) is 23.0 Å². The van der Waals surface area contributed by atoms with Crippen LogP contribution in [0.3, 0.4) is 0 Å². The number of rotatable bonds is 2. The average molecular weight is 239 g/mol. The fraction of sp³-hybridized carbons (Fsp3) is 0. The number of fused-ring (bicyclic) bond motifs is 1. The third-order valence-corrected chi connectivity index (χ3v) is 2.54. The van der Waals surface area contributed by atoms with Gasteiger partial charge in [0, 0.05) is 24.8 Å². The number of carbonyl (C=O) groups is 1. The summed E-state index contributed by atoms with van der Waals surface area (Å²) in [5.41, 5.74) is 7.25. The molecule has 0 aliphatic carbocycles. The normalized spacial score (nSPS) is 10.7. The van der Waals surface area contributed by atoms with Gasteiger partial charge in [-0.05, 0) is 12.1 Å². The van der Waals surface area contributed by atoms with E-state index >= 15 is 0 Å². The maximum Gasteiger partial charge on any atom is 0.271 e. The molecule has 0 aliphatic rings. The van der Waals surface area contributed by atoms with Gasteiger partial charge in [-0.15, -0.1) is 0 Å². The molecule has 88 valence electrons. The van der Waals surface area contributed by atoms with Gasteiger partial charge in [0.2, 0.25) is 0 Å². The van der Waals surface area contributed by atoms with Crippen LogP contribution in [0.5, 0.6) is 0 Å². The molecule has 0 saturated carbocycles. The number of hydrogen-bond acceptors (Lipinski definition) is 4. The van der Waals surface area contributed by atoms with E-state index in [1.165, 1.54) is 6.20 Å². The molecule has 0 unspecified atom stereocenters. The summed E-state index contributed by atoms with van der Waals surface area (Å²) < 4.78 is 1.71. The lowest BCUT2D eigenvalue weighted by Crippen LogP contribution is -2.14. The molecule has 3 heterocycles. The Morgan fingerprint density at radius 2 is 2.06 bits per heavy atom. The monoisotopic (exact) mass is 239 g/mol. The summed E-state index contributed by atoms with van der Waals surface area (Å²) in [5.74, 6) is -0.598. The van der Waals surface area contributed by atoms with E-state index in [-0.39, 0.29) is 5.69 Å². The van der Waals surface area contributed by atoms with Crippen molar-refractivity contribution in [1.29, 1.82) is 0 Å². The minimum absolute atomic E-state index is 0.152. The number of aromatic nitrogens is 4. The summed E-state index contributed by atoms with van der Waals surface area (Å²) in [6, 6.07) is 5.55. The molecule has 0 aliphatic heterocycles. The van der Waals surface area contributed by atoms with Crippen LogP contribution in [0.15, 0.2) is 43.0 Å². The van der Waals surface area contributed by atoms with Crippen LogP contribution in [0.25, 0.3) is 17.0 Å². The van der Waals surface area contributed by atoms with Gasteiger partial charge in [0.25, 0.3) is 5.91 Å². The van der Waals surface area contributed by atoms with E-state index < -0.39 is 5.91 Å². The van der Waals surface area contributed by atoms with Crippen molar-refractivity contribution in [3.63, 3.8) is 0 Å². The Morgan fingerprint density at radius 3 is 2.78 bits per heavy atom. The Labute approximate surface area is 102 Å². The molecule has 0 saturated heterocycles. The first-order valence-electron chi connectivity index (χ1n) is 5.30. The molecule has 6 nitrogen and oxygen atoms in total. The summed E-state index contributed by atoms with van der Waals surface area (Å²) >= 11 is 0. The van der Waals surface area contributed by atoms with Crippen molar-refractivity contribution in [2.45, 2.75) is 0 Å². The smallest absolute Gasteiger partial charge is 0.271 e. The Bertz CT molecular complexity index is 720. The van der Waals surface area contributed by atoms with Crippen molar-refractivity contribution < 1.29 is 4.79 Å². The fourth-order valence-corrected chi connectivity index (χ4v) is 1.73. The maximum absolute atomic E-state index is 11.3. The van der Waals surface area contributed by atoms with Gasteiger partial charge >= 0.3 is 0 Å². The molecular weight excluding hydrogens is 230 g/mol. The molecule has 3 aromatic rings. The van der Waals surface area contributed by atoms with Crippen LogP contribution < -0.4 is 5.73 Å². The van der Waals surface area contributed by atoms with Crippen LogP contribution in [0.2, 0.25) is 0 Å². The maximum atomic E-state index is 11.3. The van der Waals surface area contributed by atoms with Crippen molar-refractivity contribution in [3.05, 3.63) is 48.7 Å². The highest BCUT2D eigenvalue weighted by Gasteiger charge is 2.12. The Balaban J connectivity index is 2.23. The van der Waals surface area contributed by atoms with Crippen molar-refractivity contribution in [2.24, 2.45) is 5.73 Å². The first-order valence-corrected chi connectivity index (χ1v) is 5.30. The molecule has 0 atom stereocenters. The van der Waals surface area contributed by atoms with E-state index in [9.17, 15) is 4.79 Å². The predicted molar refractivity (Wildman–Crippen MR) is 64.7 cm³/mol. The van der Waals surface area contributed by atoms with Crippen molar-refractivity contribution in [2.75, 3.05) is 0 Å². The highest BCUT2D eigenvalue weighted by Crippen LogP contribution is 2.17. The van der Waals surface area contributed by atoms with Crippen molar-refractivity contribution >= 4 is 11.6 Å². The highest BCUT2D eigenvalue weighted by molar-refractivity contribution is 5.96. The van der Waals surface area contributed by atoms with E-state index in [4.69, 9.17) is 5.73 Å². The van der Waals surface area contributed by atoms with E-state index in [0.717, 1.165) is 5.69 Å². The Kier molecular flexibility index (Phi) is 2.26. The van der Waals surface area contributed by atoms with Gasteiger partial charge in [-0.2, -0.15) is 0 Å². The number of imidazole rings is 1. The van der Waals surface area contributed by atoms with Gasteiger partial charge in [0.1, 0.15) is 5.69 Å². The molecule has 2 N–H and O–H groups in total. The van der Waals surface area contributed by atoms with Crippen LogP contribution in [0, 0.1) is 0 Å². The fourth-order valence-electron chi connectivity index (χ4n) is 1.73. The van der Waals surface area contributed by atoms with Gasteiger partial charge in [-0.3, -0.25) is 9.78 Å². The van der Waals surface area contributed by atoms with Crippen LogP contribution >= 0.6 is 0 Å². The second-order valence-electron chi connectivity index (χ2n) is 3.71. The predicted octanol–water partition coefficient (Wildman–Crippen LogP) is 0.890. The largest absolute Gasteiger partial charge is 0.364 e. The molecule has 1 amide bonds. The van der Waals surface area contributed by atoms with E-state index in [2.05, 4.69) is 15.0 Å². The minimum Gasteiger partial charge on any atom is -0.364 e. The summed E-state index contributed by atoms with van der Waals surface area (Å²) in [6.45, 7) is 0. The lowest BCUT2D eigenvalue weighted by atomic mass is 10.3. The van der Waals surface area contributed by atoms with Gasteiger partial charge < -0.3 is 10.1 Å². The van der Waals surface area contributed by atoms with Crippen molar-refractivity contribution in [3.8, 4) is 11.4 Å². The zero-order valence-corrected chi connectivity index (χ0v) is 9.32.